The van der Waals surface area contributed by atoms with Crippen LogP contribution in [0, 0.1) is 34.5 Å². The van der Waals surface area contributed by atoms with Gasteiger partial charge in [0.15, 0.2) is 0 Å². The van der Waals surface area contributed by atoms with Crippen LogP contribution in [-0.4, -0.2) is 5.78 Å². The topological polar surface area (TPSA) is 17.1 Å². The van der Waals surface area contributed by atoms with Gasteiger partial charge in [-0.2, -0.15) is 0 Å². The van der Waals surface area contributed by atoms with Gasteiger partial charge in [-0.1, -0.05) is 27.7 Å². The normalized spacial score (nSPS) is 54.1. The molecule has 0 saturated heterocycles. The summed E-state index contributed by atoms with van der Waals surface area (Å²) in [6.45, 7) is 9.46. The summed E-state index contributed by atoms with van der Waals surface area (Å²) in [6.07, 6.45) is 5.01. The highest BCUT2D eigenvalue weighted by atomic mass is 16.1. The number of rotatable bonds is 0. The van der Waals surface area contributed by atoms with Crippen LogP contribution in [0.2, 0.25) is 0 Å². The van der Waals surface area contributed by atoms with Crippen molar-refractivity contribution in [3.8, 4) is 0 Å². The molecule has 0 aromatic carbocycles. The van der Waals surface area contributed by atoms with Crippen molar-refractivity contribution in [1.29, 1.82) is 0 Å². The van der Waals surface area contributed by atoms with Gasteiger partial charge in [-0.15, -0.1) is 0 Å². The number of hydrogen-bond donors (Lipinski definition) is 0. The first-order valence-electron chi connectivity index (χ1n) is 6.93. The zero-order chi connectivity index (χ0) is 11.7. The van der Waals surface area contributed by atoms with Crippen molar-refractivity contribution in [3.05, 3.63) is 0 Å². The van der Waals surface area contributed by atoms with Crippen LogP contribution in [0.15, 0.2) is 0 Å². The summed E-state index contributed by atoms with van der Waals surface area (Å²) in [7, 11) is 0. The molecule has 3 aliphatic rings. The Kier molecular flexibility index (Phi) is 1.97. The lowest BCUT2D eigenvalue weighted by Gasteiger charge is -2.52. The lowest BCUT2D eigenvalue weighted by atomic mass is 9.51. The Morgan fingerprint density at radius 3 is 2.50 bits per heavy atom. The number of ketones is 1. The van der Waals surface area contributed by atoms with E-state index in [9.17, 15) is 4.79 Å². The molecule has 3 aliphatic carbocycles. The Balaban J connectivity index is 2.10. The Hall–Kier alpha value is -0.330. The molecule has 0 heterocycles. The Bertz CT molecular complexity index is 343. The van der Waals surface area contributed by atoms with Gasteiger partial charge in [-0.05, 0) is 48.3 Å². The molecule has 0 radical (unpaired) electrons. The van der Waals surface area contributed by atoms with E-state index >= 15 is 0 Å². The van der Waals surface area contributed by atoms with E-state index in [-0.39, 0.29) is 5.41 Å². The van der Waals surface area contributed by atoms with Crippen LogP contribution in [-0.2, 0) is 4.79 Å². The molecule has 2 bridgehead atoms. The largest absolute Gasteiger partial charge is 0.299 e. The molecule has 0 amide bonds. The number of carbonyl (C=O) groups excluding carboxylic acids is 1. The first kappa shape index (κ1) is 10.8. The highest BCUT2D eigenvalue weighted by Crippen LogP contribution is 2.69. The van der Waals surface area contributed by atoms with Crippen molar-refractivity contribution in [3.63, 3.8) is 0 Å². The summed E-state index contributed by atoms with van der Waals surface area (Å²) >= 11 is 0. The molecule has 3 fully saturated rings. The van der Waals surface area contributed by atoms with Crippen LogP contribution in [0.5, 0.6) is 0 Å². The molecule has 0 aromatic rings. The van der Waals surface area contributed by atoms with E-state index in [1.165, 1.54) is 19.3 Å². The molecule has 3 saturated carbocycles. The van der Waals surface area contributed by atoms with Crippen molar-refractivity contribution >= 4 is 5.78 Å². The van der Waals surface area contributed by atoms with Crippen molar-refractivity contribution in [1.82, 2.24) is 0 Å². The second-order valence-corrected chi connectivity index (χ2v) is 7.32. The summed E-state index contributed by atoms with van der Waals surface area (Å²) in [4.78, 5) is 12.6. The molecule has 0 aromatic heterocycles. The maximum atomic E-state index is 12.6. The smallest absolute Gasteiger partial charge is 0.140 e. The van der Waals surface area contributed by atoms with Crippen molar-refractivity contribution in [2.45, 2.75) is 53.4 Å². The monoisotopic (exact) mass is 220 g/mol. The van der Waals surface area contributed by atoms with Crippen LogP contribution in [0.1, 0.15) is 53.4 Å². The van der Waals surface area contributed by atoms with Crippen LogP contribution in [0.4, 0.5) is 0 Å². The maximum absolute atomic E-state index is 12.6. The van der Waals surface area contributed by atoms with Crippen molar-refractivity contribution in [2.24, 2.45) is 34.5 Å². The predicted molar refractivity (Wildman–Crippen MR) is 65.0 cm³/mol. The third-order valence-corrected chi connectivity index (χ3v) is 6.77. The molecule has 0 N–H and O–H groups in total. The first-order chi connectivity index (χ1) is 7.39. The molecule has 0 aliphatic heterocycles. The van der Waals surface area contributed by atoms with Gasteiger partial charge in [0.25, 0.3) is 0 Å². The van der Waals surface area contributed by atoms with E-state index < -0.39 is 0 Å². The second kappa shape index (κ2) is 2.91. The zero-order valence-corrected chi connectivity index (χ0v) is 11.0. The predicted octanol–water partition coefficient (Wildman–Crippen LogP) is 3.67. The minimum atomic E-state index is 0.245. The summed E-state index contributed by atoms with van der Waals surface area (Å²) in [5, 5.41) is 0. The molecule has 1 heteroatoms. The lowest BCUT2D eigenvalue weighted by Crippen LogP contribution is -2.52. The third kappa shape index (κ3) is 0.966. The van der Waals surface area contributed by atoms with E-state index in [1.54, 1.807) is 0 Å². The summed E-state index contributed by atoms with van der Waals surface area (Å²) in [5.41, 5.74) is 0.677. The summed E-state index contributed by atoms with van der Waals surface area (Å²) in [5.74, 6) is 2.72. The van der Waals surface area contributed by atoms with E-state index in [4.69, 9.17) is 0 Å². The highest BCUT2D eigenvalue weighted by Gasteiger charge is 2.65. The van der Waals surface area contributed by atoms with Gasteiger partial charge < -0.3 is 0 Å². The minimum Gasteiger partial charge on any atom is -0.299 e. The average Bonchev–Trinajstić information content (AvgIpc) is 2.63. The van der Waals surface area contributed by atoms with Gasteiger partial charge in [-0.3, -0.25) is 4.79 Å². The standard InChI is InChI=1S/C15H24O/c1-9-5-6-10-12(9)13(16)11-7-8-15(10,4)14(11,2)3/h9-12H,5-8H2,1-4H3. The van der Waals surface area contributed by atoms with Crippen LogP contribution in [0.25, 0.3) is 0 Å². The Labute approximate surface area is 99.0 Å². The van der Waals surface area contributed by atoms with Crippen LogP contribution >= 0.6 is 0 Å². The molecule has 3 rings (SSSR count). The summed E-state index contributed by atoms with van der Waals surface area (Å²) in [6, 6.07) is 0. The molecular weight excluding hydrogens is 196 g/mol. The zero-order valence-electron chi connectivity index (χ0n) is 11.0. The van der Waals surface area contributed by atoms with Gasteiger partial charge in [-0.25, -0.2) is 0 Å². The summed E-state index contributed by atoms with van der Waals surface area (Å²) < 4.78 is 0. The third-order valence-electron chi connectivity index (χ3n) is 6.77. The molecule has 1 nitrogen and oxygen atoms in total. The molecule has 0 spiro atoms. The van der Waals surface area contributed by atoms with Gasteiger partial charge in [0.2, 0.25) is 0 Å². The highest BCUT2D eigenvalue weighted by molar-refractivity contribution is 5.87. The van der Waals surface area contributed by atoms with Crippen molar-refractivity contribution in [2.75, 3.05) is 0 Å². The SMILES string of the molecule is CC1CCC2C1C(=O)C1CCC2(C)C1(C)C. The van der Waals surface area contributed by atoms with E-state index in [2.05, 4.69) is 27.7 Å². The minimum absolute atomic E-state index is 0.245. The number of fused-ring (bicyclic) bond motifs is 4. The lowest BCUT2D eigenvalue weighted by molar-refractivity contribution is -0.145. The van der Waals surface area contributed by atoms with Gasteiger partial charge in [0, 0.05) is 11.8 Å². The first-order valence-corrected chi connectivity index (χ1v) is 6.93. The Morgan fingerprint density at radius 2 is 1.81 bits per heavy atom. The molecular formula is C15H24O. The fraction of sp³-hybridized carbons (Fsp3) is 0.933. The average molecular weight is 220 g/mol. The van der Waals surface area contributed by atoms with Gasteiger partial charge in [0.1, 0.15) is 5.78 Å². The number of hydrogen-bond acceptors (Lipinski definition) is 1. The van der Waals surface area contributed by atoms with E-state index in [1.807, 2.05) is 0 Å². The van der Waals surface area contributed by atoms with Crippen LogP contribution < -0.4 is 0 Å². The molecule has 16 heavy (non-hydrogen) atoms. The molecule has 5 unspecified atom stereocenters. The molecule has 90 valence electrons. The van der Waals surface area contributed by atoms with Gasteiger partial charge >= 0.3 is 0 Å². The maximum Gasteiger partial charge on any atom is 0.140 e. The van der Waals surface area contributed by atoms with Crippen molar-refractivity contribution < 1.29 is 4.79 Å². The quantitative estimate of drug-likeness (QED) is 0.608. The number of Topliss-reactive ketones (excluding diaryl/α,β-unsaturated/α-hetero) is 1. The van der Waals surface area contributed by atoms with E-state index in [0.717, 1.165) is 6.42 Å². The molecule has 5 atom stereocenters. The fourth-order valence-corrected chi connectivity index (χ4v) is 5.31. The Morgan fingerprint density at radius 1 is 1.12 bits per heavy atom. The number of carbonyl (C=O) groups is 1. The van der Waals surface area contributed by atoms with Crippen LogP contribution in [0.3, 0.4) is 0 Å². The van der Waals surface area contributed by atoms with E-state index in [0.29, 0.717) is 34.9 Å². The fourth-order valence-electron chi connectivity index (χ4n) is 5.31. The second-order valence-electron chi connectivity index (χ2n) is 7.32. The van der Waals surface area contributed by atoms with Gasteiger partial charge in [0.05, 0.1) is 0 Å².